The van der Waals surface area contributed by atoms with E-state index in [-0.39, 0.29) is 11.5 Å². The number of hydrogen-bond acceptors (Lipinski definition) is 4. The summed E-state index contributed by atoms with van der Waals surface area (Å²) in [7, 11) is 0. The van der Waals surface area contributed by atoms with E-state index in [1.54, 1.807) is 18.2 Å². The molecule has 0 aliphatic carbocycles. The number of aromatic hydroxyl groups is 1. The minimum absolute atomic E-state index is 0.135. The predicted molar refractivity (Wildman–Crippen MR) is 98.2 cm³/mol. The van der Waals surface area contributed by atoms with Crippen molar-refractivity contribution in [2.24, 2.45) is 0 Å². The smallest absolute Gasteiger partial charge is 0.417 e. The molecule has 0 saturated heterocycles. The lowest BCUT2D eigenvalue weighted by Crippen LogP contribution is -2.18. The zero-order chi connectivity index (χ0) is 20.5. The van der Waals surface area contributed by atoms with E-state index >= 15 is 0 Å². The lowest BCUT2D eigenvalue weighted by atomic mass is 10.0. The minimum Gasteiger partial charge on any atom is -0.507 e. The topological polar surface area (TPSA) is 75.4 Å². The van der Waals surface area contributed by atoms with Crippen LogP contribution in [0.1, 0.15) is 5.56 Å². The van der Waals surface area contributed by atoms with Gasteiger partial charge in [-0.2, -0.15) is 13.2 Å². The maximum Gasteiger partial charge on any atom is 0.417 e. The maximum atomic E-state index is 13.3. The molecule has 0 aliphatic rings. The molecule has 0 radical (unpaired) electrons. The number of carbonyl (C=O) groups is 1. The fourth-order valence-electron chi connectivity index (χ4n) is 2.52. The van der Waals surface area contributed by atoms with Crippen LogP contribution in [0, 0.1) is 0 Å². The minimum atomic E-state index is -4.68. The van der Waals surface area contributed by atoms with Gasteiger partial charge in [-0.05, 0) is 24.3 Å². The average Bonchev–Trinajstić information content (AvgIpc) is 3.10. The molecule has 1 aromatic heterocycles. The van der Waals surface area contributed by atoms with Gasteiger partial charge in [-0.3, -0.25) is 4.79 Å². The lowest BCUT2D eigenvalue weighted by Gasteiger charge is -2.11. The fourth-order valence-corrected chi connectivity index (χ4v) is 2.63. The molecule has 28 heavy (non-hydrogen) atoms. The van der Waals surface area contributed by atoms with Crippen LogP contribution in [0.2, 0.25) is 0 Å². The number of benzene rings is 2. The number of carbonyl (C=O) groups excluding carboxylic acids is 1. The van der Waals surface area contributed by atoms with E-state index < -0.39 is 33.8 Å². The van der Waals surface area contributed by atoms with Crippen LogP contribution in [0.15, 0.2) is 53.1 Å². The standard InChI is InChI=1S/C18H11Cl2F3N2O3/c19-16(20)17(27)24-10-4-1-3-9(7-10)14-8-12(25-28-14)15-11(18(21,22)23)5-2-6-13(15)26/h1-8,16,26H,(H,24,27). The number of halogens is 5. The number of phenols is 1. The number of amides is 1. The van der Waals surface area contributed by atoms with Gasteiger partial charge in [0.1, 0.15) is 11.4 Å². The molecule has 0 bridgehead atoms. The third-order valence-corrected chi connectivity index (χ3v) is 4.12. The fraction of sp³-hybridized carbons (Fsp3) is 0.111. The Hall–Kier alpha value is -2.71. The molecule has 1 heterocycles. The zero-order valence-corrected chi connectivity index (χ0v) is 15.3. The molecule has 0 fully saturated rings. The zero-order valence-electron chi connectivity index (χ0n) is 13.8. The Kier molecular flexibility index (Phi) is 5.53. The van der Waals surface area contributed by atoms with Crippen molar-refractivity contribution >= 4 is 34.8 Å². The number of phenolic OH excluding ortho intramolecular Hbond substituents is 1. The van der Waals surface area contributed by atoms with Gasteiger partial charge in [-0.25, -0.2) is 0 Å². The van der Waals surface area contributed by atoms with E-state index in [1.165, 1.54) is 12.1 Å². The van der Waals surface area contributed by atoms with Crippen molar-refractivity contribution in [1.82, 2.24) is 5.16 Å². The number of nitrogens with zero attached hydrogens (tertiary/aromatic N) is 1. The molecule has 3 rings (SSSR count). The first-order chi connectivity index (χ1) is 13.2. The van der Waals surface area contributed by atoms with Crippen molar-refractivity contribution in [2.75, 3.05) is 5.32 Å². The molecule has 0 unspecified atom stereocenters. The summed E-state index contributed by atoms with van der Waals surface area (Å²) in [6, 6.07) is 10.6. The number of alkyl halides is 5. The van der Waals surface area contributed by atoms with Crippen LogP contribution in [-0.2, 0) is 11.0 Å². The number of anilines is 1. The third kappa shape index (κ3) is 4.23. The first-order valence-corrected chi connectivity index (χ1v) is 8.60. The summed E-state index contributed by atoms with van der Waals surface area (Å²) in [5.41, 5.74) is -0.923. The highest BCUT2D eigenvalue weighted by atomic mass is 35.5. The van der Waals surface area contributed by atoms with E-state index in [9.17, 15) is 23.1 Å². The maximum absolute atomic E-state index is 13.3. The second-order valence-electron chi connectivity index (χ2n) is 5.64. The number of aromatic nitrogens is 1. The average molecular weight is 431 g/mol. The molecule has 0 atom stereocenters. The SMILES string of the molecule is O=C(Nc1cccc(-c2cc(-c3c(O)cccc3C(F)(F)F)no2)c1)C(Cl)Cl. The van der Waals surface area contributed by atoms with Crippen LogP contribution in [-0.4, -0.2) is 21.0 Å². The van der Waals surface area contributed by atoms with Crippen molar-refractivity contribution in [3.8, 4) is 28.3 Å². The molecule has 1 amide bonds. The van der Waals surface area contributed by atoms with Gasteiger partial charge in [0, 0.05) is 17.3 Å². The number of rotatable bonds is 4. The Morgan fingerprint density at radius 1 is 1.14 bits per heavy atom. The highest BCUT2D eigenvalue weighted by molar-refractivity contribution is 6.54. The molecule has 0 spiro atoms. The summed E-state index contributed by atoms with van der Waals surface area (Å²) >= 11 is 11.0. The lowest BCUT2D eigenvalue weighted by molar-refractivity contribution is -0.137. The van der Waals surface area contributed by atoms with Gasteiger partial charge >= 0.3 is 6.18 Å². The highest BCUT2D eigenvalue weighted by Gasteiger charge is 2.35. The molecule has 146 valence electrons. The monoisotopic (exact) mass is 430 g/mol. The molecule has 10 heteroatoms. The molecule has 2 aromatic carbocycles. The molecule has 2 N–H and O–H groups in total. The van der Waals surface area contributed by atoms with E-state index in [0.717, 1.165) is 18.2 Å². The van der Waals surface area contributed by atoms with E-state index in [4.69, 9.17) is 27.7 Å². The second-order valence-corrected chi connectivity index (χ2v) is 6.74. The third-order valence-electron chi connectivity index (χ3n) is 3.73. The summed E-state index contributed by atoms with van der Waals surface area (Å²) in [5, 5.41) is 16.1. The van der Waals surface area contributed by atoms with Gasteiger partial charge in [0.25, 0.3) is 5.91 Å². The van der Waals surface area contributed by atoms with Gasteiger partial charge in [0.15, 0.2) is 10.6 Å². The van der Waals surface area contributed by atoms with Gasteiger partial charge in [0.05, 0.1) is 11.1 Å². The normalized spacial score (nSPS) is 11.6. The predicted octanol–water partition coefficient (Wildman–Crippen LogP) is 5.48. The Morgan fingerprint density at radius 2 is 1.86 bits per heavy atom. The quantitative estimate of drug-likeness (QED) is 0.537. The molecule has 5 nitrogen and oxygen atoms in total. The van der Waals surface area contributed by atoms with E-state index in [0.29, 0.717) is 11.3 Å². The number of nitrogens with one attached hydrogen (secondary N) is 1. The molecular weight excluding hydrogens is 420 g/mol. The first kappa shape index (κ1) is 20.0. The Labute approximate surface area is 166 Å². The summed E-state index contributed by atoms with van der Waals surface area (Å²) in [6.45, 7) is 0. The summed E-state index contributed by atoms with van der Waals surface area (Å²) in [6.07, 6.45) is -4.68. The summed E-state index contributed by atoms with van der Waals surface area (Å²) in [4.78, 5) is 10.3. The van der Waals surface area contributed by atoms with Crippen LogP contribution in [0.3, 0.4) is 0 Å². The second kappa shape index (κ2) is 7.73. The highest BCUT2D eigenvalue weighted by Crippen LogP contribution is 2.42. The van der Waals surface area contributed by atoms with Gasteiger partial charge in [-0.1, -0.05) is 46.6 Å². The van der Waals surface area contributed by atoms with Crippen molar-refractivity contribution in [2.45, 2.75) is 11.0 Å². The summed E-state index contributed by atoms with van der Waals surface area (Å²) < 4.78 is 44.9. The first-order valence-electron chi connectivity index (χ1n) is 7.72. The molecule has 3 aromatic rings. The van der Waals surface area contributed by atoms with Gasteiger partial charge in [-0.15, -0.1) is 0 Å². The van der Waals surface area contributed by atoms with Crippen molar-refractivity contribution in [1.29, 1.82) is 0 Å². The Balaban J connectivity index is 1.98. The van der Waals surface area contributed by atoms with E-state index in [1.807, 2.05) is 0 Å². The Morgan fingerprint density at radius 3 is 2.54 bits per heavy atom. The number of hydrogen-bond donors (Lipinski definition) is 2. The van der Waals surface area contributed by atoms with Crippen molar-refractivity contribution in [3.05, 3.63) is 54.1 Å². The van der Waals surface area contributed by atoms with Crippen molar-refractivity contribution in [3.63, 3.8) is 0 Å². The summed E-state index contributed by atoms with van der Waals surface area (Å²) in [5.74, 6) is -1.08. The van der Waals surface area contributed by atoms with Crippen LogP contribution < -0.4 is 5.32 Å². The van der Waals surface area contributed by atoms with E-state index in [2.05, 4.69) is 10.5 Å². The molecule has 0 saturated carbocycles. The van der Waals surface area contributed by atoms with Crippen molar-refractivity contribution < 1.29 is 27.6 Å². The largest absolute Gasteiger partial charge is 0.507 e. The van der Waals surface area contributed by atoms with Crippen LogP contribution in [0.4, 0.5) is 18.9 Å². The van der Waals surface area contributed by atoms with Crippen LogP contribution >= 0.6 is 23.2 Å². The Bertz CT molecular complexity index is 1020. The molecule has 0 aliphatic heterocycles. The van der Waals surface area contributed by atoms with Crippen LogP contribution in [0.5, 0.6) is 5.75 Å². The molecular formula is C18H11Cl2F3N2O3. The van der Waals surface area contributed by atoms with Gasteiger partial charge in [0.2, 0.25) is 0 Å². The van der Waals surface area contributed by atoms with Crippen LogP contribution in [0.25, 0.3) is 22.6 Å². The van der Waals surface area contributed by atoms with Gasteiger partial charge < -0.3 is 14.9 Å².